The smallest absolute Gasteiger partial charge is 0.100 e. The van der Waals surface area contributed by atoms with Crippen LogP contribution in [0.1, 0.15) is 25.7 Å². The van der Waals surface area contributed by atoms with Crippen LogP contribution in [0.4, 0.5) is 10.1 Å². The van der Waals surface area contributed by atoms with Crippen molar-refractivity contribution in [2.75, 3.05) is 31.1 Å². The Morgan fingerprint density at radius 3 is 2.11 bits per heavy atom. The van der Waals surface area contributed by atoms with Crippen molar-refractivity contribution in [3.63, 3.8) is 0 Å². The van der Waals surface area contributed by atoms with Gasteiger partial charge in [-0.15, -0.1) is 0 Å². The molecule has 1 saturated heterocycles. The predicted molar refractivity (Wildman–Crippen MR) is 77.4 cm³/mol. The van der Waals surface area contributed by atoms with E-state index in [2.05, 4.69) is 40.1 Å². The molecule has 0 unspecified atom stereocenters. The SMILES string of the molecule is FC1CCC(N2CCN(c3ccccc3)CC2)CC1. The third kappa shape index (κ3) is 3.08. The van der Waals surface area contributed by atoms with Gasteiger partial charge in [-0.1, -0.05) is 18.2 Å². The van der Waals surface area contributed by atoms with E-state index in [4.69, 9.17) is 0 Å². The first-order valence-electron chi connectivity index (χ1n) is 7.51. The molecule has 0 aromatic heterocycles. The average Bonchev–Trinajstić information content (AvgIpc) is 2.49. The second-order valence-electron chi connectivity index (χ2n) is 5.76. The molecule has 0 radical (unpaired) electrons. The summed E-state index contributed by atoms with van der Waals surface area (Å²) in [6.07, 6.45) is 3.09. The van der Waals surface area contributed by atoms with Crippen LogP contribution in [0.15, 0.2) is 30.3 Å². The number of nitrogens with zero attached hydrogens (tertiary/aromatic N) is 2. The largest absolute Gasteiger partial charge is 0.369 e. The van der Waals surface area contributed by atoms with Crippen LogP contribution in [-0.2, 0) is 0 Å². The van der Waals surface area contributed by atoms with Gasteiger partial charge in [-0.05, 0) is 37.8 Å². The Kier molecular flexibility index (Phi) is 4.02. The Bertz CT molecular complexity index is 379. The van der Waals surface area contributed by atoms with Crippen LogP contribution in [0.25, 0.3) is 0 Å². The number of rotatable bonds is 2. The van der Waals surface area contributed by atoms with Crippen molar-refractivity contribution in [3.8, 4) is 0 Å². The highest BCUT2D eigenvalue weighted by Crippen LogP contribution is 2.26. The molecule has 2 nitrogen and oxygen atoms in total. The minimum atomic E-state index is -0.540. The maximum atomic E-state index is 13.2. The number of benzene rings is 1. The molecule has 104 valence electrons. The van der Waals surface area contributed by atoms with Crippen LogP contribution >= 0.6 is 0 Å². The lowest BCUT2D eigenvalue weighted by atomic mass is 9.92. The van der Waals surface area contributed by atoms with E-state index in [0.29, 0.717) is 6.04 Å². The first-order valence-corrected chi connectivity index (χ1v) is 7.51. The molecule has 0 atom stereocenters. The van der Waals surface area contributed by atoms with E-state index in [1.165, 1.54) is 5.69 Å². The Morgan fingerprint density at radius 1 is 0.842 bits per heavy atom. The standard InChI is InChI=1S/C16H23FN2/c17-14-6-8-16(9-7-14)19-12-10-18(11-13-19)15-4-2-1-3-5-15/h1-5,14,16H,6-13H2. The first-order chi connectivity index (χ1) is 9.33. The second-order valence-corrected chi connectivity index (χ2v) is 5.76. The summed E-state index contributed by atoms with van der Waals surface area (Å²) in [5.74, 6) is 0. The fraction of sp³-hybridized carbons (Fsp3) is 0.625. The Labute approximate surface area is 115 Å². The lowest BCUT2D eigenvalue weighted by molar-refractivity contribution is 0.114. The van der Waals surface area contributed by atoms with Gasteiger partial charge in [-0.2, -0.15) is 0 Å². The molecule has 19 heavy (non-hydrogen) atoms. The fourth-order valence-electron chi connectivity index (χ4n) is 3.38. The zero-order valence-electron chi connectivity index (χ0n) is 11.5. The molecular weight excluding hydrogens is 239 g/mol. The third-order valence-corrected chi connectivity index (χ3v) is 4.58. The van der Waals surface area contributed by atoms with Crippen LogP contribution in [-0.4, -0.2) is 43.3 Å². The fourth-order valence-corrected chi connectivity index (χ4v) is 3.38. The topological polar surface area (TPSA) is 6.48 Å². The summed E-state index contributed by atoms with van der Waals surface area (Å²) in [5, 5.41) is 0. The molecule has 1 aliphatic carbocycles. The molecule has 3 rings (SSSR count). The van der Waals surface area contributed by atoms with Gasteiger partial charge in [0.1, 0.15) is 6.17 Å². The van der Waals surface area contributed by atoms with E-state index in [-0.39, 0.29) is 0 Å². The van der Waals surface area contributed by atoms with Gasteiger partial charge in [0.2, 0.25) is 0 Å². The number of alkyl halides is 1. The third-order valence-electron chi connectivity index (χ3n) is 4.58. The van der Waals surface area contributed by atoms with E-state index < -0.39 is 6.17 Å². The Balaban J connectivity index is 1.52. The number of para-hydroxylation sites is 1. The molecular formula is C16H23FN2. The maximum Gasteiger partial charge on any atom is 0.100 e. The molecule has 0 spiro atoms. The van der Waals surface area contributed by atoms with Gasteiger partial charge in [0, 0.05) is 37.9 Å². The summed E-state index contributed by atoms with van der Waals surface area (Å²) in [5.41, 5.74) is 1.33. The predicted octanol–water partition coefficient (Wildman–Crippen LogP) is 3.09. The first kappa shape index (κ1) is 12.9. The number of halogens is 1. The van der Waals surface area contributed by atoms with Gasteiger partial charge >= 0.3 is 0 Å². The highest BCUT2D eigenvalue weighted by molar-refractivity contribution is 5.46. The molecule has 2 fully saturated rings. The normalized spacial score (nSPS) is 29.4. The molecule has 2 aliphatic rings. The Hall–Kier alpha value is -1.09. The van der Waals surface area contributed by atoms with Crippen LogP contribution in [0, 0.1) is 0 Å². The highest BCUT2D eigenvalue weighted by Gasteiger charge is 2.28. The van der Waals surface area contributed by atoms with Crippen molar-refractivity contribution >= 4 is 5.69 Å². The summed E-state index contributed by atoms with van der Waals surface area (Å²) < 4.78 is 13.2. The summed E-state index contributed by atoms with van der Waals surface area (Å²) in [6.45, 7) is 4.44. The monoisotopic (exact) mass is 262 g/mol. The minimum Gasteiger partial charge on any atom is -0.369 e. The number of anilines is 1. The van der Waals surface area contributed by atoms with Crippen molar-refractivity contribution in [2.24, 2.45) is 0 Å². The van der Waals surface area contributed by atoms with Crippen LogP contribution in [0.3, 0.4) is 0 Å². The van der Waals surface area contributed by atoms with Gasteiger partial charge < -0.3 is 4.90 Å². The lowest BCUT2D eigenvalue weighted by Gasteiger charge is -2.42. The quantitative estimate of drug-likeness (QED) is 0.808. The second kappa shape index (κ2) is 5.91. The molecule has 0 bridgehead atoms. The highest BCUT2D eigenvalue weighted by atomic mass is 19.1. The van der Waals surface area contributed by atoms with Crippen molar-refractivity contribution < 1.29 is 4.39 Å². The van der Waals surface area contributed by atoms with Gasteiger partial charge in [-0.25, -0.2) is 4.39 Å². The van der Waals surface area contributed by atoms with Gasteiger partial charge in [-0.3, -0.25) is 4.90 Å². The lowest BCUT2D eigenvalue weighted by Crippen LogP contribution is -2.51. The number of hydrogen-bond donors (Lipinski definition) is 0. The van der Waals surface area contributed by atoms with Crippen molar-refractivity contribution in [2.45, 2.75) is 37.9 Å². The van der Waals surface area contributed by atoms with E-state index in [1.807, 2.05) is 0 Å². The summed E-state index contributed by atoms with van der Waals surface area (Å²) >= 11 is 0. The Morgan fingerprint density at radius 2 is 1.47 bits per heavy atom. The van der Waals surface area contributed by atoms with Gasteiger partial charge in [0.05, 0.1) is 0 Å². The van der Waals surface area contributed by atoms with E-state index >= 15 is 0 Å². The minimum absolute atomic E-state index is 0.540. The van der Waals surface area contributed by atoms with Crippen molar-refractivity contribution in [1.82, 2.24) is 4.90 Å². The van der Waals surface area contributed by atoms with E-state index in [9.17, 15) is 4.39 Å². The zero-order valence-corrected chi connectivity index (χ0v) is 11.5. The molecule has 1 aliphatic heterocycles. The molecule has 3 heteroatoms. The average molecular weight is 262 g/mol. The summed E-state index contributed by atoms with van der Waals surface area (Å²) in [4.78, 5) is 5.03. The summed E-state index contributed by atoms with van der Waals surface area (Å²) in [6, 6.07) is 11.3. The number of hydrogen-bond acceptors (Lipinski definition) is 2. The van der Waals surface area contributed by atoms with Crippen LogP contribution in [0.5, 0.6) is 0 Å². The van der Waals surface area contributed by atoms with Gasteiger partial charge in [0.25, 0.3) is 0 Å². The molecule has 1 heterocycles. The van der Waals surface area contributed by atoms with E-state index in [0.717, 1.165) is 51.9 Å². The maximum absolute atomic E-state index is 13.2. The number of piperazine rings is 1. The summed E-state index contributed by atoms with van der Waals surface area (Å²) in [7, 11) is 0. The molecule has 1 saturated carbocycles. The zero-order chi connectivity index (χ0) is 13.1. The molecule has 1 aromatic rings. The van der Waals surface area contributed by atoms with E-state index in [1.54, 1.807) is 0 Å². The van der Waals surface area contributed by atoms with Gasteiger partial charge in [0.15, 0.2) is 0 Å². The van der Waals surface area contributed by atoms with Crippen molar-refractivity contribution in [1.29, 1.82) is 0 Å². The molecule has 0 N–H and O–H groups in total. The molecule has 0 amide bonds. The van der Waals surface area contributed by atoms with Crippen molar-refractivity contribution in [3.05, 3.63) is 30.3 Å². The molecule has 1 aromatic carbocycles. The van der Waals surface area contributed by atoms with Crippen LogP contribution < -0.4 is 4.90 Å². The van der Waals surface area contributed by atoms with Crippen LogP contribution in [0.2, 0.25) is 0 Å².